The Hall–Kier alpha value is -2.55. The van der Waals surface area contributed by atoms with E-state index in [1.54, 1.807) is 6.07 Å². The van der Waals surface area contributed by atoms with E-state index in [1.807, 2.05) is 13.8 Å². The number of fused-ring (bicyclic) bond motifs is 3. The van der Waals surface area contributed by atoms with Gasteiger partial charge in [-0.25, -0.2) is 0 Å². The first-order valence-corrected chi connectivity index (χ1v) is 8.70. The van der Waals surface area contributed by atoms with E-state index in [9.17, 15) is 36.2 Å². The number of alkyl halides is 6. The lowest BCUT2D eigenvalue weighted by Crippen LogP contribution is -2.53. The van der Waals surface area contributed by atoms with Gasteiger partial charge in [0.1, 0.15) is 0 Å². The molecule has 0 radical (unpaired) electrons. The number of benzene rings is 2. The van der Waals surface area contributed by atoms with Gasteiger partial charge in [0.25, 0.3) is 11.2 Å². The minimum absolute atomic E-state index is 0.000906. The predicted molar refractivity (Wildman–Crippen MR) is 96.6 cm³/mol. The van der Waals surface area contributed by atoms with E-state index in [0.717, 1.165) is 6.07 Å². The lowest BCUT2D eigenvalue weighted by atomic mass is 9.90. The number of halogens is 6. The number of hydrogen-bond donors (Lipinski definition) is 1. The van der Waals surface area contributed by atoms with Crippen LogP contribution in [0.4, 0.5) is 26.3 Å². The molecule has 9 heteroatoms. The smallest absolute Gasteiger partial charge is 0.369 e. The summed E-state index contributed by atoms with van der Waals surface area (Å²) in [6.07, 6.45) is -12.0. The van der Waals surface area contributed by atoms with Gasteiger partial charge in [-0.05, 0) is 29.5 Å². The summed E-state index contributed by atoms with van der Waals surface area (Å²) in [7, 11) is 0. The molecule has 0 unspecified atom stereocenters. The van der Waals surface area contributed by atoms with E-state index >= 15 is 0 Å². The minimum Gasteiger partial charge on any atom is -0.369 e. The van der Waals surface area contributed by atoms with E-state index < -0.39 is 29.1 Å². The van der Waals surface area contributed by atoms with Crippen LogP contribution >= 0.6 is 0 Å². The zero-order valence-corrected chi connectivity index (χ0v) is 15.4. The number of nitrogens with zero attached hydrogens (tertiary/aromatic N) is 1. The summed E-state index contributed by atoms with van der Waals surface area (Å²) in [5, 5.41) is 10.1. The molecule has 0 atom stereocenters. The van der Waals surface area contributed by atoms with Crippen LogP contribution in [0.3, 0.4) is 0 Å². The predicted octanol–water partition coefficient (Wildman–Crippen LogP) is 5.12. The average molecular weight is 417 g/mol. The van der Waals surface area contributed by atoms with Crippen molar-refractivity contribution >= 4 is 21.7 Å². The number of rotatable bonds is 3. The third-order valence-electron chi connectivity index (χ3n) is 4.77. The SMILES string of the molecule is CC(C)Cn1c(=O)c2ccccc2c2cc(C(O)(C(F)(F)F)C(F)(F)F)ccc21. The molecule has 1 N–H and O–H groups in total. The van der Waals surface area contributed by atoms with E-state index in [1.165, 1.54) is 22.8 Å². The molecule has 0 aliphatic heterocycles. The van der Waals surface area contributed by atoms with Crippen LogP contribution in [0.25, 0.3) is 21.7 Å². The van der Waals surface area contributed by atoms with Crippen molar-refractivity contribution in [3.8, 4) is 0 Å². The first-order valence-electron chi connectivity index (χ1n) is 8.70. The molecule has 3 nitrogen and oxygen atoms in total. The van der Waals surface area contributed by atoms with Crippen molar-refractivity contribution in [2.24, 2.45) is 5.92 Å². The molecule has 0 saturated carbocycles. The molecule has 3 aromatic rings. The third kappa shape index (κ3) is 3.27. The molecule has 0 amide bonds. The molecule has 1 heterocycles. The monoisotopic (exact) mass is 417 g/mol. The summed E-state index contributed by atoms with van der Waals surface area (Å²) in [5.41, 5.74) is -6.59. The van der Waals surface area contributed by atoms with E-state index in [2.05, 4.69) is 0 Å². The minimum atomic E-state index is -5.99. The van der Waals surface area contributed by atoms with Gasteiger partial charge in [0.05, 0.1) is 5.52 Å². The van der Waals surface area contributed by atoms with Gasteiger partial charge in [0, 0.05) is 22.9 Å². The number of pyridine rings is 1. The highest BCUT2D eigenvalue weighted by atomic mass is 19.4. The zero-order valence-electron chi connectivity index (χ0n) is 15.4. The Morgan fingerprint density at radius 1 is 0.897 bits per heavy atom. The molecule has 0 spiro atoms. The van der Waals surface area contributed by atoms with E-state index in [-0.39, 0.29) is 34.1 Å². The topological polar surface area (TPSA) is 42.2 Å². The quantitative estimate of drug-likeness (QED) is 0.475. The molecule has 0 aliphatic rings. The molecule has 1 aromatic heterocycles. The normalized spacial score (nSPS) is 13.6. The number of aromatic nitrogens is 1. The molecule has 3 rings (SSSR count). The van der Waals surface area contributed by atoms with Crippen molar-refractivity contribution in [3.63, 3.8) is 0 Å². The van der Waals surface area contributed by atoms with Gasteiger partial charge < -0.3 is 9.67 Å². The Labute approximate surface area is 161 Å². The van der Waals surface area contributed by atoms with Gasteiger partial charge in [-0.3, -0.25) is 4.79 Å². The van der Waals surface area contributed by atoms with Crippen LogP contribution in [-0.4, -0.2) is 22.0 Å². The van der Waals surface area contributed by atoms with Crippen molar-refractivity contribution in [1.82, 2.24) is 4.57 Å². The average Bonchev–Trinajstić information content (AvgIpc) is 2.62. The van der Waals surface area contributed by atoms with E-state index in [0.29, 0.717) is 12.1 Å². The van der Waals surface area contributed by atoms with Crippen LogP contribution in [-0.2, 0) is 12.1 Å². The Kier molecular flexibility index (Phi) is 4.93. The third-order valence-corrected chi connectivity index (χ3v) is 4.77. The highest BCUT2D eigenvalue weighted by molar-refractivity contribution is 6.05. The zero-order chi connectivity index (χ0) is 21.8. The molecule has 0 fully saturated rings. The van der Waals surface area contributed by atoms with Crippen LogP contribution < -0.4 is 5.56 Å². The maximum atomic E-state index is 13.3. The Morgan fingerprint density at radius 2 is 1.45 bits per heavy atom. The molecular formula is C20H17F6NO2. The lowest BCUT2D eigenvalue weighted by molar-refractivity contribution is -0.376. The Morgan fingerprint density at radius 3 is 1.97 bits per heavy atom. The van der Waals surface area contributed by atoms with Crippen LogP contribution in [0.5, 0.6) is 0 Å². The summed E-state index contributed by atoms with van der Waals surface area (Å²) in [6, 6.07) is 8.23. The van der Waals surface area contributed by atoms with Gasteiger partial charge in [-0.15, -0.1) is 0 Å². The van der Waals surface area contributed by atoms with Gasteiger partial charge in [0.15, 0.2) is 0 Å². The van der Waals surface area contributed by atoms with Gasteiger partial charge in [-0.1, -0.05) is 38.1 Å². The highest BCUT2D eigenvalue weighted by Gasteiger charge is 2.71. The summed E-state index contributed by atoms with van der Waals surface area (Å²) in [6.45, 7) is 3.88. The fourth-order valence-corrected chi connectivity index (χ4v) is 3.41. The largest absolute Gasteiger partial charge is 0.430 e. The second-order valence-electron chi connectivity index (χ2n) is 7.29. The maximum absolute atomic E-state index is 13.3. The Bertz CT molecular complexity index is 1110. The lowest BCUT2D eigenvalue weighted by Gasteiger charge is -2.33. The van der Waals surface area contributed by atoms with Crippen molar-refractivity contribution in [2.75, 3.05) is 0 Å². The van der Waals surface area contributed by atoms with Crippen molar-refractivity contribution < 1.29 is 31.4 Å². The molecular weight excluding hydrogens is 400 g/mol. The van der Waals surface area contributed by atoms with E-state index in [4.69, 9.17) is 0 Å². The second-order valence-corrected chi connectivity index (χ2v) is 7.29. The van der Waals surface area contributed by atoms with Crippen molar-refractivity contribution in [2.45, 2.75) is 38.3 Å². The van der Waals surface area contributed by atoms with Gasteiger partial charge in [-0.2, -0.15) is 26.3 Å². The standard InChI is InChI=1S/C20H17F6NO2/c1-11(2)10-27-16-8-7-12(18(29,19(21,22)23)20(24,25)26)9-15(16)13-5-3-4-6-14(13)17(27)28/h3-9,11,29H,10H2,1-2H3. The van der Waals surface area contributed by atoms with Crippen LogP contribution in [0.1, 0.15) is 19.4 Å². The summed E-state index contributed by atoms with van der Waals surface area (Å²) in [4.78, 5) is 12.8. The molecule has 0 aliphatic carbocycles. The maximum Gasteiger partial charge on any atom is 0.430 e. The molecule has 2 aromatic carbocycles. The summed E-state index contributed by atoms with van der Waals surface area (Å²) >= 11 is 0. The Balaban J connectivity index is 2.46. The molecule has 0 bridgehead atoms. The molecule has 0 saturated heterocycles. The second kappa shape index (κ2) is 6.76. The fraction of sp³-hybridized carbons (Fsp3) is 0.350. The van der Waals surface area contributed by atoms with Gasteiger partial charge in [0.2, 0.25) is 0 Å². The van der Waals surface area contributed by atoms with Crippen molar-refractivity contribution in [3.05, 3.63) is 58.4 Å². The number of aliphatic hydroxyl groups is 1. The van der Waals surface area contributed by atoms with Crippen LogP contribution in [0.15, 0.2) is 47.3 Å². The fourth-order valence-electron chi connectivity index (χ4n) is 3.41. The first-order chi connectivity index (χ1) is 13.3. The summed E-state index contributed by atoms with van der Waals surface area (Å²) in [5.74, 6) is -0.000906. The summed E-state index contributed by atoms with van der Waals surface area (Å²) < 4.78 is 81.1. The van der Waals surface area contributed by atoms with Crippen LogP contribution in [0, 0.1) is 5.92 Å². The first kappa shape index (κ1) is 21.2. The highest BCUT2D eigenvalue weighted by Crippen LogP contribution is 2.50. The van der Waals surface area contributed by atoms with Crippen LogP contribution in [0.2, 0.25) is 0 Å². The van der Waals surface area contributed by atoms with Gasteiger partial charge >= 0.3 is 12.4 Å². The van der Waals surface area contributed by atoms with Crippen molar-refractivity contribution in [1.29, 1.82) is 0 Å². The molecule has 156 valence electrons. The number of hydrogen-bond acceptors (Lipinski definition) is 2. The molecule has 29 heavy (non-hydrogen) atoms.